The number of likely N-dealkylation sites (N-methyl/N-ethyl adjacent to an activating group) is 1. The van der Waals surface area contributed by atoms with E-state index in [9.17, 15) is 4.79 Å². The van der Waals surface area contributed by atoms with Crippen LogP contribution < -0.4 is 10.2 Å². The zero-order valence-corrected chi connectivity index (χ0v) is 13.3. The number of carbonyl (C=O) groups is 1. The second-order valence-electron chi connectivity index (χ2n) is 6.08. The minimum absolute atomic E-state index is 0.0587. The van der Waals surface area contributed by atoms with Crippen molar-refractivity contribution in [3.8, 4) is 0 Å². The Balaban J connectivity index is 1.68. The molecule has 120 valence electrons. The van der Waals surface area contributed by atoms with Crippen molar-refractivity contribution in [2.24, 2.45) is 0 Å². The molecule has 0 spiro atoms. The number of benzene rings is 1. The van der Waals surface area contributed by atoms with E-state index in [1.807, 2.05) is 13.1 Å². The molecular weight excluding hydrogens is 278 g/mol. The van der Waals surface area contributed by atoms with Gasteiger partial charge in [-0.2, -0.15) is 0 Å². The zero-order chi connectivity index (χ0) is 15.4. The molecule has 1 aromatic carbocycles. The number of para-hydroxylation sites is 1. The average molecular weight is 303 g/mol. The van der Waals surface area contributed by atoms with Crippen LogP contribution in [0.3, 0.4) is 0 Å². The van der Waals surface area contributed by atoms with Gasteiger partial charge in [0.05, 0.1) is 6.61 Å². The largest absolute Gasteiger partial charge is 0.371 e. The first kappa shape index (κ1) is 15.3. The van der Waals surface area contributed by atoms with Gasteiger partial charge in [0.1, 0.15) is 6.10 Å². The summed E-state index contributed by atoms with van der Waals surface area (Å²) in [6, 6.07) is 8.41. The molecule has 1 atom stereocenters. The maximum Gasteiger partial charge on any atom is 0.253 e. The topological polar surface area (TPSA) is 44.8 Å². The van der Waals surface area contributed by atoms with Gasteiger partial charge in [0.15, 0.2) is 0 Å². The minimum atomic E-state index is -0.349. The van der Waals surface area contributed by atoms with Crippen molar-refractivity contribution < 1.29 is 9.53 Å². The summed E-state index contributed by atoms with van der Waals surface area (Å²) in [6.45, 7) is 4.90. The Morgan fingerprint density at radius 3 is 2.86 bits per heavy atom. The minimum Gasteiger partial charge on any atom is -0.371 e. The molecule has 1 unspecified atom stereocenters. The fraction of sp³-hybridized carbons (Fsp3) is 0.588. The number of nitrogens with one attached hydrogen (secondary N) is 1. The average Bonchev–Trinajstić information content (AvgIpc) is 3.10. The summed E-state index contributed by atoms with van der Waals surface area (Å²) in [6.07, 6.45) is 2.16. The van der Waals surface area contributed by atoms with Gasteiger partial charge in [-0.1, -0.05) is 18.2 Å². The van der Waals surface area contributed by atoms with E-state index in [0.717, 1.165) is 19.6 Å². The number of carbonyl (C=O) groups excluding carboxylic acids is 1. The molecule has 2 aliphatic heterocycles. The number of anilines is 1. The Hall–Kier alpha value is -1.59. The van der Waals surface area contributed by atoms with E-state index in [1.165, 1.54) is 24.1 Å². The highest BCUT2D eigenvalue weighted by molar-refractivity contribution is 5.81. The lowest BCUT2D eigenvalue weighted by atomic mass is 10.1. The first-order valence-electron chi connectivity index (χ1n) is 8.16. The van der Waals surface area contributed by atoms with Crippen LogP contribution in [0.1, 0.15) is 18.4 Å². The number of hydrogen-bond donors (Lipinski definition) is 1. The van der Waals surface area contributed by atoms with Gasteiger partial charge in [0, 0.05) is 45.5 Å². The van der Waals surface area contributed by atoms with E-state index < -0.39 is 0 Å². The van der Waals surface area contributed by atoms with Crippen molar-refractivity contribution in [1.82, 2.24) is 10.2 Å². The Labute approximate surface area is 132 Å². The second kappa shape index (κ2) is 7.11. The molecule has 2 aliphatic rings. The maximum absolute atomic E-state index is 12.5. The molecule has 22 heavy (non-hydrogen) atoms. The van der Waals surface area contributed by atoms with Crippen LogP contribution in [0.4, 0.5) is 5.69 Å². The van der Waals surface area contributed by atoms with E-state index in [0.29, 0.717) is 19.7 Å². The normalized spacial score (nSPS) is 21.9. The van der Waals surface area contributed by atoms with Crippen LogP contribution >= 0.6 is 0 Å². The Bertz CT molecular complexity index is 508. The van der Waals surface area contributed by atoms with Crippen molar-refractivity contribution in [3.05, 3.63) is 29.8 Å². The summed E-state index contributed by atoms with van der Waals surface area (Å²) in [4.78, 5) is 16.7. The Morgan fingerprint density at radius 1 is 1.36 bits per heavy atom. The van der Waals surface area contributed by atoms with Crippen LogP contribution in [-0.2, 0) is 16.1 Å². The molecule has 1 aromatic rings. The summed E-state index contributed by atoms with van der Waals surface area (Å²) in [5.41, 5.74) is 2.48. The third-order valence-corrected chi connectivity index (χ3v) is 4.43. The van der Waals surface area contributed by atoms with Gasteiger partial charge in [-0.05, 0) is 24.5 Å². The molecule has 0 radical (unpaired) electrons. The highest BCUT2D eigenvalue weighted by Crippen LogP contribution is 2.25. The van der Waals surface area contributed by atoms with Gasteiger partial charge in [-0.3, -0.25) is 4.79 Å². The lowest BCUT2D eigenvalue weighted by molar-refractivity contribution is -0.144. The number of amides is 1. The predicted octanol–water partition coefficient (Wildman–Crippen LogP) is 1.23. The van der Waals surface area contributed by atoms with E-state index in [4.69, 9.17) is 4.74 Å². The maximum atomic E-state index is 12.5. The van der Waals surface area contributed by atoms with Crippen LogP contribution in [0.5, 0.6) is 0 Å². The molecule has 2 fully saturated rings. The molecule has 2 heterocycles. The summed E-state index contributed by atoms with van der Waals surface area (Å²) in [7, 11) is 1.86. The number of hydrogen-bond acceptors (Lipinski definition) is 4. The van der Waals surface area contributed by atoms with Crippen molar-refractivity contribution >= 4 is 11.6 Å². The quantitative estimate of drug-likeness (QED) is 0.909. The van der Waals surface area contributed by atoms with E-state index >= 15 is 0 Å². The third kappa shape index (κ3) is 3.42. The zero-order valence-electron chi connectivity index (χ0n) is 13.3. The fourth-order valence-electron chi connectivity index (χ4n) is 3.21. The Kier molecular flexibility index (Phi) is 4.95. The molecule has 5 heteroatoms. The smallest absolute Gasteiger partial charge is 0.253 e. The van der Waals surface area contributed by atoms with Gasteiger partial charge < -0.3 is 19.9 Å². The summed E-state index contributed by atoms with van der Waals surface area (Å²) in [5, 5.41) is 3.21. The highest BCUT2D eigenvalue weighted by atomic mass is 16.5. The lowest BCUT2D eigenvalue weighted by Gasteiger charge is -2.29. The van der Waals surface area contributed by atoms with E-state index in [1.54, 1.807) is 4.90 Å². The molecule has 0 saturated carbocycles. The molecule has 1 N–H and O–H groups in total. The van der Waals surface area contributed by atoms with Crippen LogP contribution in [0.2, 0.25) is 0 Å². The summed E-state index contributed by atoms with van der Waals surface area (Å²) < 4.78 is 5.56. The van der Waals surface area contributed by atoms with E-state index in [2.05, 4.69) is 28.4 Å². The van der Waals surface area contributed by atoms with Crippen LogP contribution in [-0.4, -0.2) is 56.7 Å². The molecule has 2 saturated heterocycles. The van der Waals surface area contributed by atoms with Crippen molar-refractivity contribution in [1.29, 1.82) is 0 Å². The van der Waals surface area contributed by atoms with Gasteiger partial charge in [-0.25, -0.2) is 0 Å². The molecule has 0 aromatic heterocycles. The monoisotopic (exact) mass is 303 g/mol. The van der Waals surface area contributed by atoms with Crippen molar-refractivity contribution in [2.45, 2.75) is 25.5 Å². The molecule has 0 bridgehead atoms. The Morgan fingerprint density at radius 2 is 2.14 bits per heavy atom. The molecule has 1 amide bonds. The van der Waals surface area contributed by atoms with Crippen LogP contribution in [0.25, 0.3) is 0 Å². The first-order valence-corrected chi connectivity index (χ1v) is 8.16. The number of morpholine rings is 1. The van der Waals surface area contributed by atoms with Crippen molar-refractivity contribution in [2.75, 3.05) is 44.7 Å². The molecule has 0 aliphatic carbocycles. The van der Waals surface area contributed by atoms with Crippen molar-refractivity contribution in [3.63, 3.8) is 0 Å². The highest BCUT2D eigenvalue weighted by Gasteiger charge is 2.25. The molecule has 3 rings (SSSR count). The molecule has 5 nitrogen and oxygen atoms in total. The summed E-state index contributed by atoms with van der Waals surface area (Å²) in [5.74, 6) is 0.0587. The van der Waals surface area contributed by atoms with Gasteiger partial charge in [0.2, 0.25) is 0 Å². The molecular formula is C17H25N3O2. The predicted molar refractivity (Wildman–Crippen MR) is 87.0 cm³/mol. The van der Waals surface area contributed by atoms with Gasteiger partial charge in [-0.15, -0.1) is 0 Å². The van der Waals surface area contributed by atoms with Crippen LogP contribution in [0, 0.1) is 0 Å². The fourth-order valence-corrected chi connectivity index (χ4v) is 3.21. The second-order valence-corrected chi connectivity index (χ2v) is 6.08. The van der Waals surface area contributed by atoms with E-state index in [-0.39, 0.29) is 12.0 Å². The standard InChI is InChI=1S/C17H25N3O2/c1-19(17(21)16-12-18-8-11-22-16)13-14-6-2-3-7-15(14)20-9-4-5-10-20/h2-3,6-7,16,18H,4-5,8-13H2,1H3. The first-order chi connectivity index (χ1) is 10.8. The number of rotatable bonds is 4. The number of nitrogens with zero attached hydrogens (tertiary/aromatic N) is 2. The SMILES string of the molecule is CN(Cc1ccccc1N1CCCC1)C(=O)C1CNCCO1. The van der Waals surface area contributed by atoms with Gasteiger partial charge in [0.25, 0.3) is 5.91 Å². The number of ether oxygens (including phenoxy) is 1. The van der Waals surface area contributed by atoms with Crippen LogP contribution in [0.15, 0.2) is 24.3 Å². The lowest BCUT2D eigenvalue weighted by Crippen LogP contribution is -2.48. The van der Waals surface area contributed by atoms with Gasteiger partial charge >= 0.3 is 0 Å². The third-order valence-electron chi connectivity index (χ3n) is 4.43. The summed E-state index contributed by atoms with van der Waals surface area (Å²) >= 11 is 0.